The highest BCUT2D eigenvalue weighted by Crippen LogP contribution is 2.15. The van der Waals surface area contributed by atoms with Gasteiger partial charge in [-0.25, -0.2) is 4.79 Å². The molecule has 0 heterocycles. The predicted octanol–water partition coefficient (Wildman–Crippen LogP) is 1.85. The van der Waals surface area contributed by atoms with Crippen LogP contribution in [-0.4, -0.2) is 29.6 Å². The maximum absolute atomic E-state index is 11.1. The third kappa shape index (κ3) is 5.73. The van der Waals surface area contributed by atoms with Gasteiger partial charge in [-0.3, -0.25) is 4.79 Å². The number of aliphatic carboxylic acids is 1. The minimum atomic E-state index is -1.05. The summed E-state index contributed by atoms with van der Waals surface area (Å²) in [5.41, 5.74) is 0.812. The van der Waals surface area contributed by atoms with E-state index in [1.54, 1.807) is 6.07 Å². The Balaban J connectivity index is 2.72. The molecule has 1 amide bonds. The van der Waals surface area contributed by atoms with E-state index in [9.17, 15) is 9.59 Å². The fourth-order valence-electron chi connectivity index (χ4n) is 1.71. The summed E-state index contributed by atoms with van der Waals surface area (Å²) in [7, 11) is 0. The molecule has 1 unspecified atom stereocenters. The lowest BCUT2D eigenvalue weighted by atomic mass is 10.1. The number of benzene rings is 1. The van der Waals surface area contributed by atoms with Crippen molar-refractivity contribution in [3.63, 3.8) is 0 Å². The van der Waals surface area contributed by atoms with E-state index in [1.807, 2.05) is 18.2 Å². The molecule has 20 heavy (non-hydrogen) atoms. The molecule has 1 aromatic rings. The number of hydrogen-bond acceptors (Lipinski definition) is 3. The fraction of sp³-hybridized carbons (Fsp3) is 0.467. The molecule has 0 aromatic heterocycles. The van der Waals surface area contributed by atoms with Gasteiger partial charge >= 0.3 is 5.97 Å². The van der Waals surface area contributed by atoms with E-state index in [2.05, 4.69) is 19.2 Å². The maximum Gasteiger partial charge on any atom is 0.326 e. The Morgan fingerprint density at radius 2 is 2.05 bits per heavy atom. The van der Waals surface area contributed by atoms with Crippen LogP contribution in [0, 0.1) is 5.92 Å². The van der Waals surface area contributed by atoms with Crippen molar-refractivity contribution in [2.75, 3.05) is 6.61 Å². The molecule has 5 nitrogen and oxygen atoms in total. The van der Waals surface area contributed by atoms with Crippen LogP contribution in [0.2, 0.25) is 0 Å². The zero-order valence-electron chi connectivity index (χ0n) is 12.1. The molecule has 1 aromatic carbocycles. The normalized spacial score (nSPS) is 12.0. The molecule has 0 aliphatic heterocycles. The van der Waals surface area contributed by atoms with Crippen molar-refractivity contribution in [2.24, 2.45) is 5.92 Å². The molecule has 110 valence electrons. The molecule has 0 fully saturated rings. The first-order valence-corrected chi connectivity index (χ1v) is 6.60. The highest BCUT2D eigenvalue weighted by atomic mass is 16.5. The summed E-state index contributed by atoms with van der Waals surface area (Å²) in [6.07, 6.45) is 0.230. The lowest BCUT2D eigenvalue weighted by Crippen LogP contribution is -2.41. The first-order chi connectivity index (χ1) is 9.38. The monoisotopic (exact) mass is 279 g/mol. The second kappa shape index (κ2) is 7.53. The first-order valence-electron chi connectivity index (χ1n) is 6.60. The van der Waals surface area contributed by atoms with Crippen LogP contribution in [0.3, 0.4) is 0 Å². The smallest absolute Gasteiger partial charge is 0.326 e. The maximum atomic E-state index is 11.1. The number of nitrogens with one attached hydrogen (secondary N) is 1. The van der Waals surface area contributed by atoms with Crippen LogP contribution in [0.5, 0.6) is 5.75 Å². The Bertz CT molecular complexity index is 471. The van der Waals surface area contributed by atoms with Crippen molar-refractivity contribution in [1.29, 1.82) is 0 Å². The topological polar surface area (TPSA) is 75.6 Å². The molecule has 0 saturated heterocycles. The van der Waals surface area contributed by atoms with E-state index in [4.69, 9.17) is 9.84 Å². The Morgan fingerprint density at radius 3 is 2.60 bits per heavy atom. The van der Waals surface area contributed by atoms with Crippen LogP contribution in [-0.2, 0) is 16.0 Å². The third-order valence-corrected chi connectivity index (χ3v) is 2.60. The third-order valence-electron chi connectivity index (χ3n) is 2.60. The lowest BCUT2D eigenvalue weighted by Gasteiger charge is -2.14. The van der Waals surface area contributed by atoms with Crippen molar-refractivity contribution in [1.82, 2.24) is 5.32 Å². The largest absolute Gasteiger partial charge is 0.493 e. The van der Waals surface area contributed by atoms with Crippen molar-refractivity contribution in [3.05, 3.63) is 29.8 Å². The van der Waals surface area contributed by atoms with Gasteiger partial charge in [0, 0.05) is 13.3 Å². The number of ether oxygens (including phenoxy) is 1. The van der Waals surface area contributed by atoms with Crippen LogP contribution < -0.4 is 10.1 Å². The highest BCUT2D eigenvalue weighted by molar-refractivity contribution is 5.82. The summed E-state index contributed by atoms with van der Waals surface area (Å²) in [5, 5.41) is 11.5. The summed E-state index contributed by atoms with van der Waals surface area (Å²) in [6.45, 7) is 6.03. The molecule has 5 heteroatoms. The standard InChI is InChI=1S/C15H21NO4/c1-10(2)9-20-13-6-4-5-12(7-13)8-14(15(18)19)16-11(3)17/h4-7,10,14H,8-9H2,1-3H3,(H,16,17)(H,18,19). The van der Waals surface area contributed by atoms with E-state index < -0.39 is 12.0 Å². The molecular weight excluding hydrogens is 258 g/mol. The summed E-state index contributed by atoms with van der Waals surface area (Å²) < 4.78 is 5.60. The number of carbonyl (C=O) groups is 2. The molecule has 1 atom stereocenters. The average Bonchev–Trinajstić information content (AvgIpc) is 2.35. The van der Waals surface area contributed by atoms with Crippen molar-refractivity contribution in [2.45, 2.75) is 33.2 Å². The van der Waals surface area contributed by atoms with Gasteiger partial charge in [-0.05, 0) is 23.6 Å². The fourth-order valence-corrected chi connectivity index (χ4v) is 1.71. The highest BCUT2D eigenvalue weighted by Gasteiger charge is 2.18. The number of carbonyl (C=O) groups excluding carboxylic acids is 1. The molecule has 0 radical (unpaired) electrons. The van der Waals surface area contributed by atoms with Gasteiger partial charge in [-0.2, -0.15) is 0 Å². The Kier molecular flexibility index (Phi) is 6.03. The molecule has 0 spiro atoms. The van der Waals surface area contributed by atoms with Crippen molar-refractivity contribution in [3.8, 4) is 5.75 Å². The van der Waals surface area contributed by atoms with Crippen molar-refractivity contribution >= 4 is 11.9 Å². The average molecular weight is 279 g/mol. The molecular formula is C15H21NO4. The van der Waals surface area contributed by atoms with Gasteiger partial charge in [0.2, 0.25) is 5.91 Å². The number of hydrogen-bond donors (Lipinski definition) is 2. The summed E-state index contributed by atoms with van der Waals surface area (Å²) in [5.74, 6) is -0.272. The summed E-state index contributed by atoms with van der Waals surface area (Å²) >= 11 is 0. The number of carboxylic acids is 1. The van der Waals surface area contributed by atoms with Gasteiger partial charge in [0.1, 0.15) is 11.8 Å². The van der Waals surface area contributed by atoms with Gasteiger partial charge < -0.3 is 15.2 Å². The van der Waals surface area contributed by atoms with E-state index in [1.165, 1.54) is 6.92 Å². The molecule has 2 N–H and O–H groups in total. The zero-order chi connectivity index (χ0) is 15.1. The zero-order valence-corrected chi connectivity index (χ0v) is 12.1. The second-order valence-corrected chi connectivity index (χ2v) is 5.15. The van der Waals surface area contributed by atoms with Gasteiger partial charge in [0.25, 0.3) is 0 Å². The van der Waals surface area contributed by atoms with Gasteiger partial charge in [-0.15, -0.1) is 0 Å². The van der Waals surface area contributed by atoms with E-state index in [0.717, 1.165) is 5.56 Å². The SMILES string of the molecule is CC(=O)NC(Cc1cccc(OCC(C)C)c1)C(=O)O. The summed E-state index contributed by atoms with van der Waals surface area (Å²) in [6, 6.07) is 6.35. The van der Waals surface area contributed by atoms with Crippen molar-refractivity contribution < 1.29 is 19.4 Å². The van der Waals surface area contributed by atoms with E-state index in [-0.39, 0.29) is 12.3 Å². The Hall–Kier alpha value is -2.04. The lowest BCUT2D eigenvalue weighted by molar-refractivity contribution is -0.141. The van der Waals surface area contributed by atoms with Gasteiger partial charge in [-0.1, -0.05) is 26.0 Å². The first kappa shape index (κ1) is 16.0. The molecule has 0 saturated carbocycles. The minimum Gasteiger partial charge on any atom is -0.493 e. The number of amides is 1. The van der Waals surface area contributed by atoms with E-state index in [0.29, 0.717) is 18.3 Å². The van der Waals surface area contributed by atoms with Gasteiger partial charge in [0.15, 0.2) is 0 Å². The minimum absolute atomic E-state index is 0.230. The van der Waals surface area contributed by atoms with Gasteiger partial charge in [0.05, 0.1) is 6.61 Å². The summed E-state index contributed by atoms with van der Waals surface area (Å²) in [4.78, 5) is 22.1. The molecule has 0 aliphatic carbocycles. The quantitative estimate of drug-likeness (QED) is 0.798. The van der Waals surface area contributed by atoms with Crippen LogP contribution in [0.25, 0.3) is 0 Å². The predicted molar refractivity (Wildman–Crippen MR) is 75.7 cm³/mol. The second-order valence-electron chi connectivity index (χ2n) is 5.15. The molecule has 0 bridgehead atoms. The number of carboxylic acid groups (broad SMARTS) is 1. The van der Waals surface area contributed by atoms with E-state index >= 15 is 0 Å². The van der Waals surface area contributed by atoms with Crippen LogP contribution >= 0.6 is 0 Å². The van der Waals surface area contributed by atoms with Crippen LogP contribution in [0.4, 0.5) is 0 Å². The number of rotatable bonds is 7. The van der Waals surface area contributed by atoms with Crippen LogP contribution in [0.1, 0.15) is 26.3 Å². The molecule has 1 rings (SSSR count). The van der Waals surface area contributed by atoms with Crippen LogP contribution in [0.15, 0.2) is 24.3 Å². The Morgan fingerprint density at radius 1 is 1.35 bits per heavy atom. The molecule has 0 aliphatic rings. The Labute approximate surface area is 118 Å².